The molecular formula is C30H28N2. The van der Waals surface area contributed by atoms with Gasteiger partial charge in [-0.25, -0.2) is 0 Å². The summed E-state index contributed by atoms with van der Waals surface area (Å²) in [6.07, 6.45) is 0. The summed E-state index contributed by atoms with van der Waals surface area (Å²) in [4.78, 5) is 2.40. The predicted molar refractivity (Wildman–Crippen MR) is 133 cm³/mol. The van der Waals surface area contributed by atoms with E-state index in [1.54, 1.807) is 0 Å². The number of hydrogen-bond acceptors (Lipinski definition) is 2. The quantitative estimate of drug-likeness (QED) is 0.315. The topological polar surface area (TPSA) is 27.0 Å². The minimum Gasteiger partial charge on any atom is -0.363 e. The summed E-state index contributed by atoms with van der Waals surface area (Å²) in [6.45, 7) is 5.56. The second kappa shape index (κ2) is 9.54. The maximum atomic E-state index is 9.85. The molecule has 0 heterocycles. The maximum Gasteiger partial charge on any atom is 0.0767 e. The van der Waals surface area contributed by atoms with Crippen LogP contribution in [0.3, 0.4) is 0 Å². The molecule has 0 saturated carbocycles. The molecule has 0 aromatic heterocycles. The van der Waals surface area contributed by atoms with Gasteiger partial charge in [-0.15, -0.1) is 0 Å². The number of nitriles is 1. The second-order valence-electron chi connectivity index (χ2n) is 8.70. The highest BCUT2D eigenvalue weighted by Crippen LogP contribution is 2.34. The maximum absolute atomic E-state index is 9.85. The van der Waals surface area contributed by atoms with E-state index in [9.17, 15) is 5.26 Å². The summed E-state index contributed by atoms with van der Waals surface area (Å²) < 4.78 is 0. The second-order valence-corrected chi connectivity index (χ2v) is 8.70. The first-order chi connectivity index (χ1) is 15.5. The van der Waals surface area contributed by atoms with Crippen LogP contribution in [0.15, 0.2) is 109 Å². The highest BCUT2D eigenvalue weighted by atomic mass is 15.1. The molecule has 0 saturated heterocycles. The molecule has 0 aliphatic carbocycles. The normalized spacial score (nSPS) is 11.0. The molecule has 0 radical (unpaired) electrons. The van der Waals surface area contributed by atoms with Crippen LogP contribution in [0.2, 0.25) is 0 Å². The highest BCUT2D eigenvalue weighted by Gasteiger charge is 2.22. The average Bonchev–Trinajstić information content (AvgIpc) is 2.85. The van der Waals surface area contributed by atoms with E-state index in [-0.39, 0.29) is 0 Å². The monoisotopic (exact) mass is 416 g/mol. The molecule has 0 bridgehead atoms. The van der Waals surface area contributed by atoms with Gasteiger partial charge >= 0.3 is 0 Å². The zero-order chi connectivity index (χ0) is 22.4. The first-order valence-corrected chi connectivity index (χ1v) is 11.0. The Balaban J connectivity index is 1.83. The molecule has 0 fully saturated rings. The van der Waals surface area contributed by atoms with Crippen LogP contribution in [0.4, 0.5) is 5.69 Å². The molecule has 0 aliphatic heterocycles. The van der Waals surface area contributed by atoms with Gasteiger partial charge < -0.3 is 4.90 Å². The first kappa shape index (κ1) is 21.4. The third-order valence-corrected chi connectivity index (χ3v) is 5.82. The standard InChI is InChI=1S/C30H28N2/c1-30(2,23-31)28-18-27(26-16-10-5-11-17-26)19-29(20-28)32(21-24-12-6-3-7-13-24)22-25-14-8-4-9-15-25/h3-20H,21-22H2,1-2H3. The van der Waals surface area contributed by atoms with Gasteiger partial charge in [0.05, 0.1) is 11.5 Å². The molecule has 2 nitrogen and oxygen atoms in total. The smallest absolute Gasteiger partial charge is 0.0767 e. The average molecular weight is 417 g/mol. The zero-order valence-electron chi connectivity index (χ0n) is 18.7. The fourth-order valence-electron chi connectivity index (χ4n) is 3.86. The first-order valence-electron chi connectivity index (χ1n) is 11.0. The van der Waals surface area contributed by atoms with Gasteiger partial charge in [-0.3, -0.25) is 0 Å². The van der Waals surface area contributed by atoms with Crippen LogP contribution in [-0.4, -0.2) is 0 Å². The molecule has 0 atom stereocenters. The zero-order valence-corrected chi connectivity index (χ0v) is 18.7. The molecule has 0 aliphatic rings. The van der Waals surface area contributed by atoms with Crippen molar-refractivity contribution in [2.24, 2.45) is 0 Å². The van der Waals surface area contributed by atoms with Crippen LogP contribution in [0.5, 0.6) is 0 Å². The molecule has 0 N–H and O–H groups in total. The van der Waals surface area contributed by atoms with Gasteiger partial charge in [0.2, 0.25) is 0 Å². The Kier molecular flexibility index (Phi) is 6.38. The van der Waals surface area contributed by atoms with E-state index < -0.39 is 5.41 Å². The number of nitrogens with zero attached hydrogens (tertiary/aromatic N) is 2. The van der Waals surface area contributed by atoms with Crippen LogP contribution >= 0.6 is 0 Å². The third-order valence-electron chi connectivity index (χ3n) is 5.82. The summed E-state index contributed by atoms with van der Waals surface area (Å²) in [5.41, 5.74) is 6.38. The van der Waals surface area contributed by atoms with Crippen molar-refractivity contribution >= 4 is 5.69 Å². The van der Waals surface area contributed by atoms with Gasteiger partial charge in [0.1, 0.15) is 0 Å². The largest absolute Gasteiger partial charge is 0.363 e. The lowest BCUT2D eigenvalue weighted by Gasteiger charge is -2.28. The Morgan fingerprint density at radius 1 is 0.656 bits per heavy atom. The Labute approximate surface area is 191 Å². The Hall–Kier alpha value is -3.83. The Morgan fingerprint density at radius 2 is 1.16 bits per heavy atom. The number of hydrogen-bond donors (Lipinski definition) is 0. The van der Waals surface area contributed by atoms with Crippen molar-refractivity contribution in [3.63, 3.8) is 0 Å². The van der Waals surface area contributed by atoms with Crippen LogP contribution in [0.25, 0.3) is 11.1 Å². The van der Waals surface area contributed by atoms with Crippen molar-refractivity contribution in [1.29, 1.82) is 5.26 Å². The van der Waals surface area contributed by atoms with Crippen molar-refractivity contribution < 1.29 is 0 Å². The van der Waals surface area contributed by atoms with E-state index in [1.807, 2.05) is 19.9 Å². The lowest BCUT2D eigenvalue weighted by molar-refractivity contribution is 0.685. The summed E-state index contributed by atoms with van der Waals surface area (Å²) in [5, 5.41) is 9.85. The minimum absolute atomic E-state index is 0.579. The fraction of sp³-hybridized carbons (Fsp3) is 0.167. The van der Waals surface area contributed by atoms with E-state index >= 15 is 0 Å². The van der Waals surface area contributed by atoms with Crippen LogP contribution in [0.1, 0.15) is 30.5 Å². The van der Waals surface area contributed by atoms with Crippen molar-refractivity contribution in [3.8, 4) is 17.2 Å². The van der Waals surface area contributed by atoms with Crippen molar-refractivity contribution in [2.45, 2.75) is 32.4 Å². The summed E-state index contributed by atoms with van der Waals surface area (Å²) >= 11 is 0. The molecule has 0 unspecified atom stereocenters. The van der Waals surface area contributed by atoms with Crippen LogP contribution < -0.4 is 4.90 Å². The van der Waals surface area contributed by atoms with Crippen molar-refractivity contribution in [1.82, 2.24) is 0 Å². The van der Waals surface area contributed by atoms with Crippen molar-refractivity contribution in [3.05, 3.63) is 126 Å². The number of anilines is 1. The van der Waals surface area contributed by atoms with E-state index in [0.717, 1.165) is 35.5 Å². The molecule has 158 valence electrons. The molecule has 32 heavy (non-hydrogen) atoms. The SMILES string of the molecule is CC(C)(C#N)c1cc(-c2ccccc2)cc(N(Cc2ccccc2)Cc2ccccc2)c1. The van der Waals surface area contributed by atoms with E-state index in [1.165, 1.54) is 11.1 Å². The summed E-state index contributed by atoms with van der Waals surface area (Å²) in [5.74, 6) is 0. The summed E-state index contributed by atoms with van der Waals surface area (Å²) in [6, 6.07) is 40.6. The molecule has 2 heteroatoms. The van der Waals surface area contributed by atoms with Gasteiger partial charge in [-0.1, -0.05) is 91.0 Å². The number of benzene rings is 4. The molecule has 0 spiro atoms. The Morgan fingerprint density at radius 3 is 1.66 bits per heavy atom. The lowest BCUT2D eigenvalue weighted by Crippen LogP contribution is -2.23. The predicted octanol–water partition coefficient (Wildman–Crippen LogP) is 7.36. The van der Waals surface area contributed by atoms with Gasteiger partial charge in [0.15, 0.2) is 0 Å². The van der Waals surface area contributed by atoms with Crippen LogP contribution in [-0.2, 0) is 18.5 Å². The molecule has 4 rings (SSSR count). The van der Waals surface area contributed by atoms with E-state index in [2.05, 4.69) is 114 Å². The van der Waals surface area contributed by atoms with Gasteiger partial charge in [-0.05, 0) is 59.9 Å². The molecular weight excluding hydrogens is 388 g/mol. The van der Waals surface area contributed by atoms with Gasteiger partial charge in [0, 0.05) is 18.8 Å². The van der Waals surface area contributed by atoms with Crippen molar-refractivity contribution in [2.75, 3.05) is 4.90 Å². The van der Waals surface area contributed by atoms with E-state index in [0.29, 0.717) is 0 Å². The molecule has 4 aromatic carbocycles. The number of rotatable bonds is 7. The minimum atomic E-state index is -0.579. The fourth-order valence-corrected chi connectivity index (χ4v) is 3.86. The van der Waals surface area contributed by atoms with Gasteiger partial charge in [0.25, 0.3) is 0 Å². The van der Waals surface area contributed by atoms with Crippen LogP contribution in [0, 0.1) is 11.3 Å². The highest BCUT2D eigenvalue weighted by molar-refractivity contribution is 5.71. The summed E-state index contributed by atoms with van der Waals surface area (Å²) in [7, 11) is 0. The van der Waals surface area contributed by atoms with E-state index in [4.69, 9.17) is 0 Å². The lowest BCUT2D eigenvalue weighted by atomic mass is 9.84. The molecule has 4 aromatic rings. The van der Waals surface area contributed by atoms with Gasteiger partial charge in [-0.2, -0.15) is 5.26 Å². The molecule has 0 amide bonds. The Bertz CT molecular complexity index is 1150. The third kappa shape index (κ3) is 5.07.